The predicted molar refractivity (Wildman–Crippen MR) is 66.1 cm³/mol. The first-order chi connectivity index (χ1) is 8.78. The molecule has 0 spiro atoms. The van der Waals surface area contributed by atoms with Crippen LogP contribution in [0.1, 0.15) is 24.4 Å². The summed E-state index contributed by atoms with van der Waals surface area (Å²) in [5, 5.41) is 0. The Hall–Kier alpha value is -1.14. The van der Waals surface area contributed by atoms with E-state index in [1.807, 2.05) is 0 Å². The number of hydrogen-bond acceptors (Lipinski definition) is 2. The maximum absolute atomic E-state index is 12.7. The molecule has 0 amide bonds. The van der Waals surface area contributed by atoms with E-state index < -0.39 is 12.6 Å². The predicted octanol–water partition coefficient (Wildman–Crippen LogP) is 3.10. The van der Waals surface area contributed by atoms with Crippen LogP contribution in [0.25, 0.3) is 0 Å². The Morgan fingerprint density at radius 2 is 1.74 bits per heavy atom. The van der Waals surface area contributed by atoms with Gasteiger partial charge in [0.25, 0.3) is 0 Å². The van der Waals surface area contributed by atoms with E-state index >= 15 is 0 Å². The topological polar surface area (TPSA) is 29.3 Å². The van der Waals surface area contributed by atoms with E-state index in [1.54, 1.807) is 24.1 Å². The molecule has 2 N–H and O–H groups in total. The van der Waals surface area contributed by atoms with Crippen LogP contribution in [0.2, 0.25) is 0 Å². The summed E-state index contributed by atoms with van der Waals surface area (Å²) in [5.74, 6) is -0.335. The van der Waals surface area contributed by atoms with E-state index in [0.29, 0.717) is 13.0 Å². The van der Waals surface area contributed by atoms with Gasteiger partial charge in [0, 0.05) is 12.6 Å². The first kappa shape index (κ1) is 15.9. The van der Waals surface area contributed by atoms with Gasteiger partial charge < -0.3 is 10.6 Å². The number of rotatable bonds is 6. The second-order valence-corrected chi connectivity index (χ2v) is 4.62. The van der Waals surface area contributed by atoms with Crippen LogP contribution in [0, 0.1) is 5.82 Å². The summed E-state index contributed by atoms with van der Waals surface area (Å²) in [6, 6.07) is 5.53. The number of halogens is 4. The van der Waals surface area contributed by atoms with Crippen LogP contribution in [0.4, 0.5) is 17.6 Å². The first-order valence-corrected chi connectivity index (χ1v) is 6.04. The molecular weight excluding hydrogens is 260 g/mol. The van der Waals surface area contributed by atoms with E-state index in [0.717, 1.165) is 5.56 Å². The van der Waals surface area contributed by atoms with Crippen LogP contribution < -0.4 is 5.73 Å². The average molecular weight is 278 g/mol. The van der Waals surface area contributed by atoms with Crippen molar-refractivity contribution in [2.24, 2.45) is 5.73 Å². The lowest BCUT2D eigenvalue weighted by Gasteiger charge is -2.20. The zero-order chi connectivity index (χ0) is 14.5. The lowest BCUT2D eigenvalue weighted by Crippen LogP contribution is -2.27. The zero-order valence-corrected chi connectivity index (χ0v) is 10.8. The zero-order valence-electron chi connectivity index (χ0n) is 10.8. The Bertz CT molecular complexity index is 375. The van der Waals surface area contributed by atoms with Gasteiger partial charge in [-0.25, -0.2) is 4.39 Å². The van der Waals surface area contributed by atoms with Crippen LogP contribution in [0.5, 0.6) is 0 Å². The van der Waals surface area contributed by atoms with Crippen LogP contribution in [-0.2, 0) is 0 Å². The summed E-state index contributed by atoms with van der Waals surface area (Å²) in [7, 11) is 1.63. The summed E-state index contributed by atoms with van der Waals surface area (Å²) in [5.41, 5.74) is 6.69. The lowest BCUT2D eigenvalue weighted by atomic mass is 10.0. The van der Waals surface area contributed by atoms with Gasteiger partial charge in [-0.1, -0.05) is 12.1 Å². The van der Waals surface area contributed by atoms with Crippen molar-refractivity contribution in [1.29, 1.82) is 0 Å². The molecule has 0 aromatic heterocycles. The smallest absolute Gasteiger partial charge is 0.324 e. The van der Waals surface area contributed by atoms with Gasteiger partial charge in [0.2, 0.25) is 0 Å². The molecule has 1 unspecified atom stereocenters. The molecular formula is C13H18F4N2. The van der Waals surface area contributed by atoms with E-state index in [2.05, 4.69) is 0 Å². The maximum Gasteiger partial charge on any atom is 0.390 e. The molecule has 0 bridgehead atoms. The molecule has 1 aromatic carbocycles. The molecule has 0 radical (unpaired) electrons. The molecule has 0 aliphatic carbocycles. The second-order valence-electron chi connectivity index (χ2n) is 4.62. The molecule has 1 rings (SSSR count). The van der Waals surface area contributed by atoms with Crippen molar-refractivity contribution in [3.8, 4) is 0 Å². The monoisotopic (exact) mass is 278 g/mol. The standard InChI is InChI=1S/C13H18F4N2/c1-19(9-7-13(15,16)17)8-6-12(18)10-2-4-11(14)5-3-10/h2-5,12H,6-9,18H2,1H3. The number of benzene rings is 1. The summed E-state index contributed by atoms with van der Waals surface area (Å²) in [6.07, 6.45) is -4.43. The Kier molecular flexibility index (Phi) is 5.75. The van der Waals surface area contributed by atoms with Gasteiger partial charge in [-0.05, 0) is 37.7 Å². The van der Waals surface area contributed by atoms with Gasteiger partial charge in [0.15, 0.2) is 0 Å². The Morgan fingerprint density at radius 3 is 2.26 bits per heavy atom. The summed E-state index contributed by atoms with van der Waals surface area (Å²) >= 11 is 0. The normalized spacial score (nSPS) is 13.8. The number of nitrogens with zero attached hydrogens (tertiary/aromatic N) is 1. The SMILES string of the molecule is CN(CCC(N)c1ccc(F)cc1)CCC(F)(F)F. The maximum atomic E-state index is 12.7. The van der Waals surface area contributed by atoms with Gasteiger partial charge >= 0.3 is 6.18 Å². The Labute approximate surface area is 110 Å². The van der Waals surface area contributed by atoms with Gasteiger partial charge in [0.05, 0.1) is 6.42 Å². The minimum absolute atomic E-state index is 0.0420. The second kappa shape index (κ2) is 6.86. The van der Waals surface area contributed by atoms with E-state index in [1.165, 1.54) is 12.1 Å². The molecule has 0 aliphatic rings. The van der Waals surface area contributed by atoms with Crippen molar-refractivity contribution in [2.45, 2.75) is 25.1 Å². The van der Waals surface area contributed by atoms with Crippen LogP contribution in [0.15, 0.2) is 24.3 Å². The molecule has 0 aliphatic heterocycles. The van der Waals surface area contributed by atoms with E-state index in [9.17, 15) is 17.6 Å². The molecule has 0 heterocycles. The minimum Gasteiger partial charge on any atom is -0.324 e. The van der Waals surface area contributed by atoms with E-state index in [4.69, 9.17) is 5.73 Å². The fourth-order valence-electron chi connectivity index (χ4n) is 1.67. The molecule has 0 fully saturated rings. The summed E-state index contributed by atoms with van der Waals surface area (Å²) in [4.78, 5) is 1.59. The van der Waals surface area contributed by atoms with E-state index in [-0.39, 0.29) is 18.4 Å². The summed E-state index contributed by atoms with van der Waals surface area (Å²) in [6.45, 7) is 0.425. The van der Waals surface area contributed by atoms with Crippen molar-refractivity contribution in [2.75, 3.05) is 20.1 Å². The van der Waals surface area contributed by atoms with Crippen molar-refractivity contribution >= 4 is 0 Å². The van der Waals surface area contributed by atoms with Gasteiger partial charge in [-0.2, -0.15) is 13.2 Å². The fourth-order valence-corrected chi connectivity index (χ4v) is 1.67. The van der Waals surface area contributed by atoms with Crippen LogP contribution >= 0.6 is 0 Å². The van der Waals surface area contributed by atoms with Crippen molar-refractivity contribution in [1.82, 2.24) is 4.90 Å². The third kappa shape index (κ3) is 6.54. The molecule has 1 aromatic rings. The fraction of sp³-hybridized carbons (Fsp3) is 0.538. The molecule has 108 valence electrons. The van der Waals surface area contributed by atoms with Crippen molar-refractivity contribution in [3.63, 3.8) is 0 Å². The summed E-state index contributed by atoms with van der Waals surface area (Å²) < 4.78 is 48.8. The highest BCUT2D eigenvalue weighted by Crippen LogP contribution is 2.20. The average Bonchev–Trinajstić information content (AvgIpc) is 2.33. The quantitative estimate of drug-likeness (QED) is 0.810. The van der Waals surface area contributed by atoms with Gasteiger partial charge in [-0.15, -0.1) is 0 Å². The van der Waals surface area contributed by atoms with Gasteiger partial charge in [-0.3, -0.25) is 0 Å². The lowest BCUT2D eigenvalue weighted by molar-refractivity contribution is -0.137. The van der Waals surface area contributed by atoms with Crippen molar-refractivity contribution in [3.05, 3.63) is 35.6 Å². The Balaban J connectivity index is 2.33. The Morgan fingerprint density at radius 1 is 1.16 bits per heavy atom. The van der Waals surface area contributed by atoms with Gasteiger partial charge in [0.1, 0.15) is 5.82 Å². The number of hydrogen-bond donors (Lipinski definition) is 1. The highest BCUT2D eigenvalue weighted by molar-refractivity contribution is 5.19. The molecule has 1 atom stereocenters. The highest BCUT2D eigenvalue weighted by Gasteiger charge is 2.27. The molecule has 0 saturated carbocycles. The number of nitrogens with two attached hydrogens (primary N) is 1. The molecule has 2 nitrogen and oxygen atoms in total. The van der Waals surface area contributed by atoms with Crippen LogP contribution in [0.3, 0.4) is 0 Å². The highest BCUT2D eigenvalue weighted by atomic mass is 19.4. The minimum atomic E-state index is -4.13. The third-order valence-corrected chi connectivity index (χ3v) is 2.90. The number of alkyl halides is 3. The van der Waals surface area contributed by atoms with Crippen LogP contribution in [-0.4, -0.2) is 31.2 Å². The van der Waals surface area contributed by atoms with Crippen molar-refractivity contribution < 1.29 is 17.6 Å². The molecule has 0 saturated heterocycles. The largest absolute Gasteiger partial charge is 0.390 e. The molecule has 6 heteroatoms. The molecule has 19 heavy (non-hydrogen) atoms. The third-order valence-electron chi connectivity index (χ3n) is 2.90. The first-order valence-electron chi connectivity index (χ1n) is 6.04.